The normalized spacial score (nSPS) is 16.2. The van der Waals surface area contributed by atoms with Crippen LogP contribution >= 0.6 is 11.3 Å². The Labute approximate surface area is 145 Å². The van der Waals surface area contributed by atoms with Crippen LogP contribution in [-0.2, 0) is 4.79 Å². The van der Waals surface area contributed by atoms with E-state index in [2.05, 4.69) is 10.1 Å². The number of fused-ring (bicyclic) bond motifs is 2. The molecule has 4 rings (SSSR count). The first-order valence-electron chi connectivity index (χ1n) is 7.78. The molecule has 8 heteroatoms. The standard InChI is InChI=1S/C17H14N4O3S/c1-8(2)20-11-7-5-4-6-10(11)12(15(20)23)13-16(24)21-17(25-13)18-14(22)9(3)19-21/h4-8H,1-3H3/b13-12+. The van der Waals surface area contributed by atoms with E-state index < -0.39 is 11.1 Å². The molecule has 1 amide bonds. The summed E-state index contributed by atoms with van der Waals surface area (Å²) < 4.78 is 1.35. The summed E-state index contributed by atoms with van der Waals surface area (Å²) in [5.74, 6) is -0.223. The second-order valence-electron chi connectivity index (χ2n) is 6.09. The van der Waals surface area contributed by atoms with Gasteiger partial charge in [0.05, 0.1) is 11.3 Å². The van der Waals surface area contributed by atoms with Gasteiger partial charge in [0.15, 0.2) is 0 Å². The fraction of sp³-hybridized carbons (Fsp3) is 0.235. The number of para-hydroxylation sites is 1. The zero-order valence-electron chi connectivity index (χ0n) is 13.8. The molecular weight excluding hydrogens is 340 g/mol. The fourth-order valence-corrected chi connectivity index (χ4v) is 4.00. The van der Waals surface area contributed by atoms with Gasteiger partial charge in [-0.2, -0.15) is 14.6 Å². The molecule has 0 spiro atoms. The number of hydrogen-bond acceptors (Lipinski definition) is 6. The van der Waals surface area contributed by atoms with Crippen molar-refractivity contribution in [2.75, 3.05) is 4.90 Å². The molecule has 0 radical (unpaired) electrons. The molecule has 0 atom stereocenters. The Bertz CT molecular complexity index is 1210. The van der Waals surface area contributed by atoms with E-state index >= 15 is 0 Å². The number of rotatable bonds is 1. The molecule has 0 saturated carbocycles. The third-order valence-corrected chi connectivity index (χ3v) is 5.16. The second kappa shape index (κ2) is 5.32. The van der Waals surface area contributed by atoms with E-state index in [1.54, 1.807) is 4.90 Å². The minimum absolute atomic E-state index is 0.0463. The van der Waals surface area contributed by atoms with Gasteiger partial charge in [0.2, 0.25) is 4.96 Å². The summed E-state index contributed by atoms with van der Waals surface area (Å²) in [6.07, 6.45) is 0. The Morgan fingerprint density at radius 1 is 1.12 bits per heavy atom. The number of hydrogen-bond donors (Lipinski definition) is 0. The van der Waals surface area contributed by atoms with Gasteiger partial charge < -0.3 is 4.90 Å². The predicted octanol–water partition coefficient (Wildman–Crippen LogP) is 0.493. The van der Waals surface area contributed by atoms with Crippen molar-refractivity contribution < 1.29 is 4.79 Å². The van der Waals surface area contributed by atoms with Gasteiger partial charge in [-0.1, -0.05) is 29.5 Å². The summed E-state index contributed by atoms with van der Waals surface area (Å²) in [5.41, 5.74) is 1.08. The summed E-state index contributed by atoms with van der Waals surface area (Å²) in [6, 6.07) is 7.33. The van der Waals surface area contributed by atoms with Gasteiger partial charge in [0, 0.05) is 11.6 Å². The van der Waals surface area contributed by atoms with Crippen LogP contribution in [0.15, 0.2) is 33.9 Å². The number of aromatic nitrogens is 3. The minimum atomic E-state index is -0.472. The SMILES string of the molecule is Cc1nn2c(=O)/c(=C3\C(=O)N(C(C)C)c4ccccc43)sc2nc1=O. The molecular formula is C17H14N4O3S. The number of thiazole rings is 1. The van der Waals surface area contributed by atoms with Crippen LogP contribution in [0.25, 0.3) is 10.5 Å². The molecule has 0 saturated heterocycles. The molecule has 1 aliphatic rings. The fourth-order valence-electron chi connectivity index (χ4n) is 3.01. The topological polar surface area (TPSA) is 84.6 Å². The monoisotopic (exact) mass is 354 g/mol. The third kappa shape index (κ3) is 2.14. The molecule has 0 fully saturated rings. The van der Waals surface area contributed by atoms with Crippen molar-refractivity contribution in [3.63, 3.8) is 0 Å². The summed E-state index contributed by atoms with van der Waals surface area (Å²) in [6.45, 7) is 5.35. The molecule has 0 unspecified atom stereocenters. The van der Waals surface area contributed by atoms with Crippen LogP contribution in [0.5, 0.6) is 0 Å². The number of anilines is 1. The Hall–Kier alpha value is -2.87. The first-order chi connectivity index (χ1) is 11.9. The van der Waals surface area contributed by atoms with Gasteiger partial charge in [0.1, 0.15) is 10.2 Å². The lowest BCUT2D eigenvalue weighted by molar-refractivity contribution is -0.113. The number of benzene rings is 1. The van der Waals surface area contributed by atoms with Crippen molar-refractivity contribution in [2.24, 2.45) is 0 Å². The van der Waals surface area contributed by atoms with E-state index in [1.165, 1.54) is 6.92 Å². The van der Waals surface area contributed by atoms with Crippen LogP contribution in [0.4, 0.5) is 5.69 Å². The van der Waals surface area contributed by atoms with Crippen LogP contribution in [0.2, 0.25) is 0 Å². The quantitative estimate of drug-likeness (QED) is 0.635. The lowest BCUT2D eigenvalue weighted by atomic mass is 10.1. The van der Waals surface area contributed by atoms with Crippen molar-refractivity contribution in [1.29, 1.82) is 0 Å². The van der Waals surface area contributed by atoms with Gasteiger partial charge in [-0.3, -0.25) is 14.4 Å². The number of carbonyl (C=O) groups is 1. The van der Waals surface area contributed by atoms with Crippen LogP contribution < -0.4 is 20.6 Å². The van der Waals surface area contributed by atoms with Crippen molar-refractivity contribution in [3.8, 4) is 0 Å². The van der Waals surface area contributed by atoms with E-state index in [0.717, 1.165) is 21.5 Å². The smallest absolute Gasteiger partial charge is 0.295 e. The Morgan fingerprint density at radius 2 is 1.84 bits per heavy atom. The largest absolute Gasteiger partial charge is 0.305 e. The van der Waals surface area contributed by atoms with Gasteiger partial charge >= 0.3 is 0 Å². The molecule has 1 aliphatic heterocycles. The molecule has 3 heterocycles. The maximum absolute atomic E-state index is 13.0. The molecule has 126 valence electrons. The van der Waals surface area contributed by atoms with Gasteiger partial charge in [-0.15, -0.1) is 0 Å². The predicted molar refractivity (Wildman–Crippen MR) is 94.9 cm³/mol. The summed E-state index contributed by atoms with van der Waals surface area (Å²) in [5, 5.41) is 4.00. The summed E-state index contributed by atoms with van der Waals surface area (Å²) in [7, 11) is 0. The van der Waals surface area contributed by atoms with Gasteiger partial charge in [-0.25, -0.2) is 0 Å². The number of carbonyl (C=O) groups excluding carboxylic acids is 1. The zero-order chi connectivity index (χ0) is 17.9. The first kappa shape index (κ1) is 15.6. The van der Waals surface area contributed by atoms with Crippen molar-refractivity contribution in [1.82, 2.24) is 14.6 Å². The summed E-state index contributed by atoms with van der Waals surface area (Å²) in [4.78, 5) is 43.3. The van der Waals surface area contributed by atoms with Gasteiger partial charge in [-0.05, 0) is 26.8 Å². The highest BCUT2D eigenvalue weighted by Gasteiger charge is 2.35. The lowest BCUT2D eigenvalue weighted by Crippen LogP contribution is -2.36. The van der Waals surface area contributed by atoms with E-state index in [1.807, 2.05) is 38.1 Å². The van der Waals surface area contributed by atoms with E-state index in [9.17, 15) is 14.4 Å². The highest BCUT2D eigenvalue weighted by molar-refractivity contribution is 7.15. The lowest BCUT2D eigenvalue weighted by Gasteiger charge is -2.21. The molecule has 0 bridgehead atoms. The Balaban J connectivity index is 2.15. The van der Waals surface area contributed by atoms with Gasteiger partial charge in [0.25, 0.3) is 17.0 Å². The summed E-state index contributed by atoms with van der Waals surface area (Å²) >= 11 is 1.02. The molecule has 7 nitrogen and oxygen atoms in total. The van der Waals surface area contributed by atoms with Crippen LogP contribution in [0, 0.1) is 6.92 Å². The highest BCUT2D eigenvalue weighted by atomic mass is 32.1. The van der Waals surface area contributed by atoms with Crippen molar-refractivity contribution in [3.05, 3.63) is 60.8 Å². The number of nitrogens with zero attached hydrogens (tertiary/aromatic N) is 4. The molecule has 3 aromatic rings. The van der Waals surface area contributed by atoms with Crippen molar-refractivity contribution >= 4 is 33.5 Å². The highest BCUT2D eigenvalue weighted by Crippen LogP contribution is 2.36. The molecule has 1 aromatic carbocycles. The average molecular weight is 354 g/mol. The minimum Gasteiger partial charge on any atom is -0.305 e. The van der Waals surface area contributed by atoms with E-state index in [-0.39, 0.29) is 27.1 Å². The van der Waals surface area contributed by atoms with E-state index in [0.29, 0.717) is 11.1 Å². The number of amides is 1. The molecule has 25 heavy (non-hydrogen) atoms. The zero-order valence-corrected chi connectivity index (χ0v) is 14.6. The van der Waals surface area contributed by atoms with E-state index in [4.69, 9.17) is 0 Å². The van der Waals surface area contributed by atoms with Crippen LogP contribution in [0.1, 0.15) is 25.1 Å². The van der Waals surface area contributed by atoms with Crippen LogP contribution in [0.3, 0.4) is 0 Å². The molecule has 0 N–H and O–H groups in total. The molecule has 0 aliphatic carbocycles. The van der Waals surface area contributed by atoms with Crippen LogP contribution in [-0.4, -0.2) is 26.5 Å². The number of aryl methyl sites for hydroxylation is 1. The average Bonchev–Trinajstić information content (AvgIpc) is 3.02. The molecule has 2 aromatic heterocycles. The first-order valence-corrected chi connectivity index (χ1v) is 8.59. The third-order valence-electron chi connectivity index (χ3n) is 4.13. The maximum Gasteiger partial charge on any atom is 0.295 e. The second-order valence-corrected chi connectivity index (χ2v) is 7.07. The maximum atomic E-state index is 13.0. The Kier molecular flexibility index (Phi) is 3.33. The Morgan fingerprint density at radius 3 is 2.56 bits per heavy atom. The van der Waals surface area contributed by atoms with Crippen molar-refractivity contribution in [2.45, 2.75) is 26.8 Å².